The van der Waals surface area contributed by atoms with E-state index < -0.39 is 12.0 Å². The van der Waals surface area contributed by atoms with Crippen LogP contribution < -0.4 is 19.9 Å². The van der Waals surface area contributed by atoms with E-state index in [0.717, 1.165) is 0 Å². The molecule has 100 valence electrons. The molecule has 1 rings (SSSR count). The first kappa shape index (κ1) is 14.1. The van der Waals surface area contributed by atoms with Crippen LogP contribution in [0.1, 0.15) is 18.0 Å². The Balaban J connectivity index is 3.25. The van der Waals surface area contributed by atoms with Gasteiger partial charge in [0.15, 0.2) is 11.5 Å². The van der Waals surface area contributed by atoms with E-state index >= 15 is 0 Å². The molecule has 3 N–H and O–H groups in total. The summed E-state index contributed by atoms with van der Waals surface area (Å²) >= 11 is 0. The van der Waals surface area contributed by atoms with Crippen LogP contribution in [0.25, 0.3) is 0 Å². The van der Waals surface area contributed by atoms with Gasteiger partial charge in [0.1, 0.15) is 5.75 Å². The van der Waals surface area contributed by atoms with Gasteiger partial charge in [-0.15, -0.1) is 0 Å². The second-order valence-electron chi connectivity index (χ2n) is 3.66. The molecular formula is C12H17NO5. The fourth-order valence-corrected chi connectivity index (χ4v) is 1.66. The molecule has 0 bridgehead atoms. The highest BCUT2D eigenvalue weighted by Crippen LogP contribution is 2.38. The lowest BCUT2D eigenvalue weighted by atomic mass is 10.0. The minimum atomic E-state index is -0.980. The molecule has 0 aromatic heterocycles. The van der Waals surface area contributed by atoms with Crippen LogP contribution in [0.3, 0.4) is 0 Å². The first-order valence-electron chi connectivity index (χ1n) is 5.30. The summed E-state index contributed by atoms with van der Waals surface area (Å²) in [5.41, 5.74) is 6.39. The largest absolute Gasteiger partial charge is 0.497 e. The van der Waals surface area contributed by atoms with E-state index in [1.165, 1.54) is 21.3 Å². The monoisotopic (exact) mass is 255 g/mol. The lowest BCUT2D eigenvalue weighted by Crippen LogP contribution is -2.16. The van der Waals surface area contributed by atoms with Gasteiger partial charge in [0.2, 0.25) is 0 Å². The summed E-state index contributed by atoms with van der Waals surface area (Å²) in [6, 6.07) is 2.60. The topological polar surface area (TPSA) is 91.0 Å². The van der Waals surface area contributed by atoms with Gasteiger partial charge in [-0.2, -0.15) is 0 Å². The van der Waals surface area contributed by atoms with Crippen molar-refractivity contribution in [1.29, 1.82) is 0 Å². The zero-order chi connectivity index (χ0) is 13.7. The molecule has 6 heteroatoms. The molecular weight excluding hydrogens is 238 g/mol. The summed E-state index contributed by atoms with van der Waals surface area (Å²) < 4.78 is 15.5. The van der Waals surface area contributed by atoms with Crippen molar-refractivity contribution in [1.82, 2.24) is 0 Å². The highest BCUT2D eigenvalue weighted by Gasteiger charge is 2.20. The molecule has 1 aromatic carbocycles. The Bertz CT molecular complexity index is 433. The standard InChI is InChI=1S/C12H17NO5/c1-16-7-4-8(9(13)6-11(14)15)12(18-3)10(5-7)17-2/h4-5,9H,6,13H2,1-3H3,(H,14,15). The molecule has 1 atom stereocenters. The molecule has 0 saturated heterocycles. The van der Waals surface area contributed by atoms with Gasteiger partial charge in [0.25, 0.3) is 0 Å². The van der Waals surface area contributed by atoms with E-state index in [-0.39, 0.29) is 6.42 Å². The van der Waals surface area contributed by atoms with Gasteiger partial charge in [0.05, 0.1) is 27.8 Å². The maximum absolute atomic E-state index is 10.7. The van der Waals surface area contributed by atoms with E-state index in [2.05, 4.69) is 0 Å². The molecule has 0 spiro atoms. The van der Waals surface area contributed by atoms with E-state index in [9.17, 15) is 4.79 Å². The van der Waals surface area contributed by atoms with E-state index in [1.54, 1.807) is 12.1 Å². The minimum Gasteiger partial charge on any atom is -0.497 e. The number of ether oxygens (including phenoxy) is 3. The SMILES string of the molecule is COc1cc(OC)c(OC)c(C(N)CC(=O)O)c1. The van der Waals surface area contributed by atoms with Crippen molar-refractivity contribution in [2.45, 2.75) is 12.5 Å². The van der Waals surface area contributed by atoms with Crippen molar-refractivity contribution in [3.05, 3.63) is 17.7 Å². The number of aliphatic carboxylic acids is 1. The molecule has 0 saturated carbocycles. The first-order chi connectivity index (χ1) is 8.53. The number of rotatable bonds is 6. The van der Waals surface area contributed by atoms with Crippen molar-refractivity contribution in [2.75, 3.05) is 21.3 Å². The second kappa shape index (κ2) is 6.11. The quantitative estimate of drug-likeness (QED) is 0.793. The van der Waals surface area contributed by atoms with Crippen molar-refractivity contribution in [3.8, 4) is 17.2 Å². The summed E-state index contributed by atoms with van der Waals surface area (Å²) in [4.78, 5) is 10.7. The van der Waals surface area contributed by atoms with E-state index in [0.29, 0.717) is 22.8 Å². The summed E-state index contributed by atoms with van der Waals surface area (Å²) in [5, 5.41) is 8.78. The number of nitrogens with two attached hydrogens (primary N) is 1. The van der Waals surface area contributed by atoms with E-state index in [1.807, 2.05) is 0 Å². The average Bonchev–Trinajstić information content (AvgIpc) is 2.35. The van der Waals surface area contributed by atoms with Crippen LogP contribution in [-0.4, -0.2) is 32.4 Å². The van der Waals surface area contributed by atoms with Crippen molar-refractivity contribution in [2.24, 2.45) is 5.73 Å². The van der Waals surface area contributed by atoms with Crippen LogP contribution in [0.4, 0.5) is 0 Å². The highest BCUT2D eigenvalue weighted by atomic mass is 16.5. The van der Waals surface area contributed by atoms with Crippen LogP contribution in [0.2, 0.25) is 0 Å². The molecule has 1 unspecified atom stereocenters. The molecule has 0 radical (unpaired) electrons. The third-order valence-corrected chi connectivity index (χ3v) is 2.51. The second-order valence-corrected chi connectivity index (χ2v) is 3.66. The van der Waals surface area contributed by atoms with Crippen LogP contribution in [-0.2, 0) is 4.79 Å². The molecule has 0 fully saturated rings. The number of carboxylic acids is 1. The molecule has 18 heavy (non-hydrogen) atoms. The Kier molecular flexibility index (Phi) is 4.79. The maximum Gasteiger partial charge on any atom is 0.305 e. The Morgan fingerprint density at radius 3 is 2.39 bits per heavy atom. The van der Waals surface area contributed by atoms with Crippen LogP contribution in [0.5, 0.6) is 17.2 Å². The minimum absolute atomic E-state index is 0.202. The molecule has 1 aromatic rings. The average molecular weight is 255 g/mol. The third-order valence-electron chi connectivity index (χ3n) is 2.51. The smallest absolute Gasteiger partial charge is 0.305 e. The maximum atomic E-state index is 10.7. The predicted molar refractivity (Wildman–Crippen MR) is 65.3 cm³/mol. The Hall–Kier alpha value is -1.95. The fraction of sp³-hybridized carbons (Fsp3) is 0.417. The van der Waals surface area contributed by atoms with Gasteiger partial charge in [0, 0.05) is 17.7 Å². The van der Waals surface area contributed by atoms with Crippen molar-refractivity contribution in [3.63, 3.8) is 0 Å². The number of carboxylic acid groups (broad SMARTS) is 1. The first-order valence-corrected chi connectivity index (χ1v) is 5.30. The number of methoxy groups -OCH3 is 3. The summed E-state index contributed by atoms with van der Waals surface area (Å²) in [6.45, 7) is 0. The zero-order valence-corrected chi connectivity index (χ0v) is 10.6. The lowest BCUT2D eigenvalue weighted by molar-refractivity contribution is -0.137. The number of carbonyl (C=O) groups is 1. The van der Waals surface area contributed by atoms with Crippen LogP contribution in [0.15, 0.2) is 12.1 Å². The number of hydrogen-bond acceptors (Lipinski definition) is 5. The van der Waals surface area contributed by atoms with Gasteiger partial charge in [-0.25, -0.2) is 0 Å². The Morgan fingerprint density at radius 2 is 1.94 bits per heavy atom. The van der Waals surface area contributed by atoms with Crippen LogP contribution in [0, 0.1) is 0 Å². The van der Waals surface area contributed by atoms with Crippen LogP contribution >= 0.6 is 0 Å². The Morgan fingerprint density at radius 1 is 1.28 bits per heavy atom. The van der Waals surface area contributed by atoms with Gasteiger partial charge in [-0.3, -0.25) is 4.79 Å². The fourth-order valence-electron chi connectivity index (χ4n) is 1.66. The van der Waals surface area contributed by atoms with Gasteiger partial charge in [-0.05, 0) is 6.07 Å². The normalized spacial score (nSPS) is 11.8. The molecule has 0 aliphatic heterocycles. The molecule has 0 aliphatic rings. The predicted octanol–water partition coefficient (Wildman–Crippen LogP) is 1.19. The summed E-state index contributed by atoms with van der Waals surface area (Å²) in [5.74, 6) is 0.426. The highest BCUT2D eigenvalue weighted by molar-refractivity contribution is 5.68. The summed E-state index contributed by atoms with van der Waals surface area (Å²) in [7, 11) is 4.47. The molecule has 0 aliphatic carbocycles. The summed E-state index contributed by atoms with van der Waals surface area (Å²) in [6.07, 6.45) is -0.202. The number of benzene rings is 1. The van der Waals surface area contributed by atoms with Gasteiger partial charge >= 0.3 is 5.97 Å². The lowest BCUT2D eigenvalue weighted by Gasteiger charge is -2.18. The van der Waals surface area contributed by atoms with Gasteiger partial charge in [-0.1, -0.05) is 0 Å². The Labute approximate surface area is 105 Å². The van der Waals surface area contributed by atoms with E-state index in [4.69, 9.17) is 25.1 Å². The molecule has 0 amide bonds. The molecule has 0 heterocycles. The third kappa shape index (κ3) is 3.04. The number of hydrogen-bond donors (Lipinski definition) is 2. The molecule has 6 nitrogen and oxygen atoms in total. The zero-order valence-electron chi connectivity index (χ0n) is 10.6. The van der Waals surface area contributed by atoms with Crippen molar-refractivity contribution >= 4 is 5.97 Å². The van der Waals surface area contributed by atoms with Crippen molar-refractivity contribution < 1.29 is 24.1 Å². The van der Waals surface area contributed by atoms with Gasteiger partial charge < -0.3 is 25.1 Å².